The molecule has 2 nitrogen and oxygen atoms in total. The zero-order valence-electron chi connectivity index (χ0n) is 12.5. The fraction of sp³-hybridized carbons (Fsp3) is 1.00. The van der Waals surface area contributed by atoms with Gasteiger partial charge in [-0.1, -0.05) is 27.7 Å². The Balaban J connectivity index is 2.45. The van der Waals surface area contributed by atoms with E-state index >= 15 is 0 Å². The fourth-order valence-corrected chi connectivity index (χ4v) is 3.27. The van der Waals surface area contributed by atoms with Gasteiger partial charge in [0.25, 0.3) is 0 Å². The molecule has 0 bridgehead atoms. The van der Waals surface area contributed by atoms with E-state index in [1.807, 2.05) is 0 Å². The molecule has 0 aromatic rings. The highest BCUT2D eigenvalue weighted by molar-refractivity contribution is 4.84. The molecule has 4 unspecified atom stereocenters. The second kappa shape index (κ2) is 6.19. The van der Waals surface area contributed by atoms with Gasteiger partial charge in [0, 0.05) is 6.04 Å². The van der Waals surface area contributed by atoms with Gasteiger partial charge in [0.1, 0.15) is 0 Å². The number of likely N-dealkylation sites (N-methyl/N-ethyl adjacent to an activating group) is 1. The minimum absolute atomic E-state index is 0.307. The van der Waals surface area contributed by atoms with E-state index in [0.717, 1.165) is 12.5 Å². The minimum atomic E-state index is 0.307. The maximum atomic E-state index is 6.25. The summed E-state index contributed by atoms with van der Waals surface area (Å²) >= 11 is 0. The van der Waals surface area contributed by atoms with E-state index in [2.05, 4.69) is 46.9 Å². The predicted octanol–water partition coefficient (Wildman–Crippen LogP) is 3.60. The molecule has 1 aliphatic rings. The average Bonchev–Trinajstić information content (AvgIpc) is 2.14. The monoisotopic (exact) mass is 241 g/mol. The summed E-state index contributed by atoms with van der Waals surface area (Å²) in [6, 6.07) is 0.445. The number of ether oxygens (including phenoxy) is 1. The Labute approximate surface area is 108 Å². The molecule has 17 heavy (non-hydrogen) atoms. The van der Waals surface area contributed by atoms with Gasteiger partial charge < -0.3 is 10.1 Å². The summed E-state index contributed by atoms with van der Waals surface area (Å²) in [7, 11) is 0. The van der Waals surface area contributed by atoms with Crippen LogP contribution < -0.4 is 5.32 Å². The van der Waals surface area contributed by atoms with Crippen LogP contribution in [0.1, 0.15) is 60.8 Å². The third kappa shape index (κ3) is 4.97. The Morgan fingerprint density at radius 3 is 2.47 bits per heavy atom. The molecule has 102 valence electrons. The first kappa shape index (κ1) is 15.0. The zero-order valence-corrected chi connectivity index (χ0v) is 12.5. The summed E-state index contributed by atoms with van der Waals surface area (Å²) in [5.74, 6) is 0.797. The first-order valence-corrected chi connectivity index (χ1v) is 7.23. The van der Waals surface area contributed by atoms with Crippen LogP contribution in [0.4, 0.5) is 0 Å². The molecule has 0 aromatic heterocycles. The van der Waals surface area contributed by atoms with Gasteiger partial charge in [-0.15, -0.1) is 0 Å². The number of hydrogen-bond acceptors (Lipinski definition) is 2. The Hall–Kier alpha value is -0.0800. The van der Waals surface area contributed by atoms with E-state index in [0.29, 0.717) is 23.7 Å². The normalized spacial score (nSPS) is 32.1. The van der Waals surface area contributed by atoms with Crippen molar-refractivity contribution in [1.82, 2.24) is 5.32 Å². The van der Waals surface area contributed by atoms with Crippen LogP contribution in [0.5, 0.6) is 0 Å². The molecule has 2 heteroatoms. The summed E-state index contributed by atoms with van der Waals surface area (Å²) in [6.45, 7) is 14.7. The van der Waals surface area contributed by atoms with Crippen molar-refractivity contribution >= 4 is 0 Å². The number of hydrogen-bond donors (Lipinski definition) is 1. The lowest BCUT2D eigenvalue weighted by Crippen LogP contribution is -2.41. The third-order valence-corrected chi connectivity index (χ3v) is 3.98. The van der Waals surface area contributed by atoms with Gasteiger partial charge in [0.2, 0.25) is 0 Å². The summed E-state index contributed by atoms with van der Waals surface area (Å²) in [4.78, 5) is 0. The lowest BCUT2D eigenvalue weighted by Gasteiger charge is -2.40. The average molecular weight is 241 g/mol. The predicted molar refractivity (Wildman–Crippen MR) is 74.3 cm³/mol. The maximum absolute atomic E-state index is 6.25. The molecule has 4 atom stereocenters. The van der Waals surface area contributed by atoms with Crippen LogP contribution in [0, 0.1) is 11.3 Å². The Kier molecular flexibility index (Phi) is 5.46. The van der Waals surface area contributed by atoms with Gasteiger partial charge in [-0.05, 0) is 51.0 Å². The molecule has 1 rings (SSSR count). The van der Waals surface area contributed by atoms with Crippen LogP contribution in [0.3, 0.4) is 0 Å². The molecular weight excluding hydrogens is 210 g/mol. The third-order valence-electron chi connectivity index (χ3n) is 3.98. The van der Waals surface area contributed by atoms with E-state index in [4.69, 9.17) is 4.74 Å². The quantitative estimate of drug-likeness (QED) is 0.794. The Bertz CT molecular complexity index is 227. The lowest BCUT2D eigenvalue weighted by atomic mass is 9.71. The van der Waals surface area contributed by atoms with Crippen molar-refractivity contribution in [1.29, 1.82) is 0 Å². The molecule has 1 saturated carbocycles. The van der Waals surface area contributed by atoms with Gasteiger partial charge in [-0.3, -0.25) is 0 Å². The first-order valence-electron chi connectivity index (χ1n) is 7.23. The van der Waals surface area contributed by atoms with Crippen LogP contribution in [0.25, 0.3) is 0 Å². The SMILES string of the molecule is CCNC(C)C(C)OC1CC(C)CC(C)(C)C1. The second-order valence-electron chi connectivity index (χ2n) is 6.72. The fourth-order valence-electron chi connectivity index (χ4n) is 3.27. The highest BCUT2D eigenvalue weighted by Gasteiger charge is 2.33. The van der Waals surface area contributed by atoms with Gasteiger partial charge in [-0.25, -0.2) is 0 Å². The zero-order chi connectivity index (χ0) is 13.1. The van der Waals surface area contributed by atoms with Crippen molar-refractivity contribution in [2.75, 3.05) is 6.54 Å². The summed E-state index contributed by atoms with van der Waals surface area (Å²) < 4.78 is 6.25. The lowest BCUT2D eigenvalue weighted by molar-refractivity contribution is -0.0683. The van der Waals surface area contributed by atoms with Crippen LogP contribution in [0.15, 0.2) is 0 Å². The van der Waals surface area contributed by atoms with E-state index < -0.39 is 0 Å². The first-order chi connectivity index (χ1) is 7.84. The Morgan fingerprint density at radius 1 is 1.29 bits per heavy atom. The molecule has 0 amide bonds. The number of nitrogens with one attached hydrogen (secondary N) is 1. The molecule has 0 spiro atoms. The summed E-state index contributed by atoms with van der Waals surface area (Å²) in [5.41, 5.74) is 0.448. The van der Waals surface area contributed by atoms with Gasteiger partial charge >= 0.3 is 0 Å². The van der Waals surface area contributed by atoms with E-state index in [1.165, 1.54) is 19.3 Å². The van der Waals surface area contributed by atoms with E-state index in [-0.39, 0.29) is 0 Å². The molecule has 0 saturated heterocycles. The van der Waals surface area contributed by atoms with Crippen LogP contribution in [0.2, 0.25) is 0 Å². The highest BCUT2D eigenvalue weighted by Crippen LogP contribution is 2.40. The minimum Gasteiger partial charge on any atom is -0.374 e. The molecule has 0 heterocycles. The molecule has 1 fully saturated rings. The maximum Gasteiger partial charge on any atom is 0.0700 e. The van der Waals surface area contributed by atoms with Crippen molar-refractivity contribution in [3.63, 3.8) is 0 Å². The van der Waals surface area contributed by atoms with Gasteiger partial charge in [0.05, 0.1) is 12.2 Å². The van der Waals surface area contributed by atoms with Crippen LogP contribution >= 0.6 is 0 Å². The standard InChI is InChI=1S/C15H31NO/c1-7-16-12(3)13(4)17-14-8-11(2)9-15(5,6)10-14/h11-14,16H,7-10H2,1-6H3. The summed E-state index contributed by atoms with van der Waals surface area (Å²) in [6.07, 6.45) is 4.53. The van der Waals surface area contributed by atoms with Crippen LogP contribution in [-0.2, 0) is 4.74 Å². The van der Waals surface area contributed by atoms with Crippen molar-refractivity contribution in [3.05, 3.63) is 0 Å². The molecule has 0 aromatic carbocycles. The van der Waals surface area contributed by atoms with Gasteiger partial charge in [-0.2, -0.15) is 0 Å². The second-order valence-corrected chi connectivity index (χ2v) is 6.72. The van der Waals surface area contributed by atoms with E-state index in [1.54, 1.807) is 0 Å². The van der Waals surface area contributed by atoms with E-state index in [9.17, 15) is 0 Å². The molecule has 0 radical (unpaired) electrons. The topological polar surface area (TPSA) is 21.3 Å². The largest absolute Gasteiger partial charge is 0.374 e. The smallest absolute Gasteiger partial charge is 0.0700 e. The van der Waals surface area contributed by atoms with Crippen molar-refractivity contribution in [2.45, 2.75) is 79.1 Å². The Morgan fingerprint density at radius 2 is 1.94 bits per heavy atom. The molecule has 1 N–H and O–H groups in total. The molecule has 0 aliphatic heterocycles. The van der Waals surface area contributed by atoms with Gasteiger partial charge in [0.15, 0.2) is 0 Å². The van der Waals surface area contributed by atoms with Crippen LogP contribution in [-0.4, -0.2) is 24.8 Å². The van der Waals surface area contributed by atoms with Crippen molar-refractivity contribution < 1.29 is 4.74 Å². The molecule has 1 aliphatic carbocycles. The van der Waals surface area contributed by atoms with Crippen molar-refractivity contribution in [3.8, 4) is 0 Å². The number of rotatable bonds is 5. The highest BCUT2D eigenvalue weighted by atomic mass is 16.5. The van der Waals surface area contributed by atoms with Crippen molar-refractivity contribution in [2.24, 2.45) is 11.3 Å². The molecular formula is C15H31NO. The summed E-state index contributed by atoms with van der Waals surface area (Å²) in [5, 5.41) is 3.44.